The third kappa shape index (κ3) is 6.22. The van der Waals surface area contributed by atoms with Gasteiger partial charge in [-0.25, -0.2) is 9.97 Å². The summed E-state index contributed by atoms with van der Waals surface area (Å²) < 4.78 is 5.02. The highest BCUT2D eigenvalue weighted by Gasteiger charge is 2.29. The van der Waals surface area contributed by atoms with Crippen LogP contribution in [0.2, 0.25) is 0 Å². The molecule has 2 aromatic heterocycles. The van der Waals surface area contributed by atoms with Crippen molar-refractivity contribution in [1.82, 2.24) is 25.2 Å². The minimum absolute atomic E-state index is 0.0334. The Labute approximate surface area is 172 Å². The molecular weight excluding hydrogens is 366 g/mol. The summed E-state index contributed by atoms with van der Waals surface area (Å²) >= 11 is 0. The monoisotopic (exact) mass is 397 g/mol. The van der Waals surface area contributed by atoms with Gasteiger partial charge in [-0.2, -0.15) is 0 Å². The number of likely N-dealkylation sites (tertiary alicyclic amines) is 1. The van der Waals surface area contributed by atoms with Crippen molar-refractivity contribution in [1.29, 1.82) is 0 Å². The summed E-state index contributed by atoms with van der Waals surface area (Å²) in [6.07, 6.45) is 8.01. The maximum Gasteiger partial charge on any atom is 0.316 e. The summed E-state index contributed by atoms with van der Waals surface area (Å²) in [4.78, 5) is 27.8. The van der Waals surface area contributed by atoms with Crippen LogP contribution >= 0.6 is 0 Å². The molecule has 7 nitrogen and oxygen atoms in total. The van der Waals surface area contributed by atoms with Gasteiger partial charge < -0.3 is 10.1 Å². The van der Waals surface area contributed by atoms with Crippen LogP contribution in [0.15, 0.2) is 36.8 Å². The van der Waals surface area contributed by atoms with Gasteiger partial charge in [0.25, 0.3) is 0 Å². The van der Waals surface area contributed by atoms with Crippen LogP contribution in [0.4, 0.5) is 0 Å². The van der Waals surface area contributed by atoms with E-state index in [-0.39, 0.29) is 11.9 Å². The summed E-state index contributed by atoms with van der Waals surface area (Å²) in [5, 5.41) is 3.26. The Bertz CT molecular complexity index is 759. The fourth-order valence-electron chi connectivity index (χ4n) is 3.83. The fraction of sp³-hybridized carbons (Fsp3) is 0.545. The molecule has 2 aromatic rings. The number of ether oxygens (including phenoxy) is 1. The number of aromatic nitrogens is 3. The Morgan fingerprint density at radius 2 is 1.93 bits per heavy atom. The second kappa shape index (κ2) is 10.3. The summed E-state index contributed by atoms with van der Waals surface area (Å²) in [7, 11) is 1.57. The van der Waals surface area contributed by atoms with E-state index in [1.807, 2.05) is 30.6 Å². The Morgan fingerprint density at radius 1 is 1.21 bits per heavy atom. The van der Waals surface area contributed by atoms with Gasteiger partial charge in [-0.3, -0.25) is 14.7 Å². The molecule has 1 amide bonds. The number of hydrogen-bond acceptors (Lipinski definition) is 6. The van der Waals surface area contributed by atoms with Crippen LogP contribution in [0.1, 0.15) is 50.4 Å². The van der Waals surface area contributed by atoms with Crippen LogP contribution < -0.4 is 10.1 Å². The van der Waals surface area contributed by atoms with Gasteiger partial charge in [-0.15, -0.1) is 0 Å². The van der Waals surface area contributed by atoms with Gasteiger partial charge in [0.15, 0.2) is 0 Å². The van der Waals surface area contributed by atoms with Crippen LogP contribution in [0.25, 0.3) is 0 Å². The topological polar surface area (TPSA) is 80.2 Å². The van der Waals surface area contributed by atoms with Gasteiger partial charge in [0, 0.05) is 37.1 Å². The highest BCUT2D eigenvalue weighted by molar-refractivity contribution is 5.76. The molecule has 0 aromatic carbocycles. The molecular formula is C22H31N5O2. The fourth-order valence-corrected chi connectivity index (χ4v) is 3.83. The molecule has 0 aliphatic carbocycles. The largest absolute Gasteiger partial charge is 0.467 e. The molecule has 1 saturated heterocycles. The number of carbonyl (C=O) groups excluding carboxylic acids is 1. The average molecular weight is 398 g/mol. The Balaban J connectivity index is 1.60. The third-order valence-corrected chi connectivity index (χ3v) is 5.29. The van der Waals surface area contributed by atoms with Crippen molar-refractivity contribution in [2.75, 3.05) is 20.2 Å². The molecule has 29 heavy (non-hydrogen) atoms. The Hall–Kier alpha value is -2.54. The van der Waals surface area contributed by atoms with Gasteiger partial charge in [-0.1, -0.05) is 19.9 Å². The number of rotatable bonds is 8. The number of hydrogen-bond donors (Lipinski definition) is 1. The highest BCUT2D eigenvalue weighted by Crippen LogP contribution is 2.30. The number of methoxy groups -OCH3 is 1. The minimum Gasteiger partial charge on any atom is -0.467 e. The predicted octanol–water partition coefficient (Wildman–Crippen LogP) is 3.00. The molecule has 1 atom stereocenters. The standard InChI is InChI=1S/C22H31N5O2/c1-16(2)12-20(28)26-21(19-6-4-5-9-23-19)18-7-10-27(11-8-18)15-17-13-24-22(29-3)25-14-17/h4-6,9,13-14,16,18,21H,7-8,10-12,15H2,1-3H3,(H,26,28). The van der Waals surface area contributed by atoms with Gasteiger partial charge >= 0.3 is 6.01 Å². The van der Waals surface area contributed by atoms with Crippen molar-refractivity contribution in [2.45, 2.75) is 45.7 Å². The summed E-state index contributed by atoms with van der Waals surface area (Å²) in [5.41, 5.74) is 2.03. The maximum absolute atomic E-state index is 12.5. The number of amides is 1. The smallest absolute Gasteiger partial charge is 0.316 e. The second-order valence-corrected chi connectivity index (χ2v) is 8.09. The van der Waals surface area contributed by atoms with Crippen molar-refractivity contribution in [3.8, 4) is 6.01 Å². The molecule has 1 aliphatic rings. The summed E-state index contributed by atoms with van der Waals surface area (Å²) in [6, 6.07) is 6.27. The van der Waals surface area contributed by atoms with Crippen molar-refractivity contribution in [2.24, 2.45) is 11.8 Å². The number of nitrogens with one attached hydrogen (secondary N) is 1. The minimum atomic E-state index is -0.0334. The van der Waals surface area contributed by atoms with Crippen LogP contribution in [-0.4, -0.2) is 46.0 Å². The van der Waals surface area contributed by atoms with E-state index in [2.05, 4.69) is 39.0 Å². The molecule has 1 fully saturated rings. The number of pyridine rings is 1. The first-order valence-electron chi connectivity index (χ1n) is 10.3. The third-order valence-electron chi connectivity index (χ3n) is 5.29. The van der Waals surface area contributed by atoms with E-state index in [0.29, 0.717) is 24.3 Å². The van der Waals surface area contributed by atoms with Crippen molar-refractivity contribution < 1.29 is 9.53 Å². The molecule has 3 heterocycles. The quantitative estimate of drug-likeness (QED) is 0.738. The lowest BCUT2D eigenvalue weighted by molar-refractivity contribution is -0.123. The normalized spacial score (nSPS) is 16.6. The first kappa shape index (κ1) is 21.2. The lowest BCUT2D eigenvalue weighted by atomic mass is 9.87. The molecule has 0 radical (unpaired) electrons. The number of carbonyl (C=O) groups is 1. The first-order valence-corrected chi connectivity index (χ1v) is 10.3. The highest BCUT2D eigenvalue weighted by atomic mass is 16.5. The Morgan fingerprint density at radius 3 is 2.52 bits per heavy atom. The molecule has 156 valence electrons. The summed E-state index contributed by atoms with van der Waals surface area (Å²) in [6.45, 7) is 6.90. The van der Waals surface area contributed by atoms with E-state index in [9.17, 15) is 4.79 Å². The van der Waals surface area contributed by atoms with Gasteiger partial charge in [0.1, 0.15) is 0 Å². The summed E-state index contributed by atoms with van der Waals surface area (Å²) in [5.74, 6) is 0.825. The lowest BCUT2D eigenvalue weighted by Crippen LogP contribution is -2.41. The van der Waals surface area contributed by atoms with Gasteiger partial charge in [0.05, 0.1) is 18.8 Å². The average Bonchev–Trinajstić information content (AvgIpc) is 2.73. The first-order chi connectivity index (χ1) is 14.0. The van der Waals surface area contributed by atoms with Crippen LogP contribution in [-0.2, 0) is 11.3 Å². The van der Waals surface area contributed by atoms with Crippen LogP contribution in [0, 0.1) is 11.8 Å². The Kier molecular flexibility index (Phi) is 7.52. The molecule has 0 spiro atoms. The molecule has 3 rings (SSSR count). The molecule has 1 aliphatic heterocycles. The van der Waals surface area contributed by atoms with Crippen molar-refractivity contribution in [3.05, 3.63) is 48.0 Å². The zero-order valence-corrected chi connectivity index (χ0v) is 17.5. The molecule has 0 saturated carbocycles. The SMILES string of the molecule is COc1ncc(CN2CCC(C(NC(=O)CC(C)C)c3ccccn3)CC2)cn1. The maximum atomic E-state index is 12.5. The molecule has 1 unspecified atom stereocenters. The van der Waals surface area contributed by atoms with E-state index in [0.717, 1.165) is 43.7 Å². The number of piperidine rings is 1. The lowest BCUT2D eigenvalue weighted by Gasteiger charge is -2.36. The van der Waals surface area contributed by atoms with Gasteiger partial charge in [0.2, 0.25) is 5.91 Å². The van der Waals surface area contributed by atoms with E-state index in [1.54, 1.807) is 13.3 Å². The van der Waals surface area contributed by atoms with Crippen LogP contribution in [0.3, 0.4) is 0 Å². The number of nitrogens with zero attached hydrogens (tertiary/aromatic N) is 4. The second-order valence-electron chi connectivity index (χ2n) is 8.09. The van der Waals surface area contributed by atoms with Gasteiger partial charge in [-0.05, 0) is 49.9 Å². The zero-order valence-electron chi connectivity index (χ0n) is 17.5. The zero-order chi connectivity index (χ0) is 20.6. The van der Waals surface area contributed by atoms with E-state index >= 15 is 0 Å². The van der Waals surface area contributed by atoms with Crippen molar-refractivity contribution >= 4 is 5.91 Å². The van der Waals surface area contributed by atoms with E-state index in [4.69, 9.17) is 4.74 Å². The van der Waals surface area contributed by atoms with E-state index < -0.39 is 0 Å². The van der Waals surface area contributed by atoms with E-state index in [1.165, 1.54) is 0 Å². The molecule has 1 N–H and O–H groups in total. The molecule has 7 heteroatoms. The van der Waals surface area contributed by atoms with Crippen LogP contribution in [0.5, 0.6) is 6.01 Å². The van der Waals surface area contributed by atoms with Crippen molar-refractivity contribution in [3.63, 3.8) is 0 Å². The predicted molar refractivity (Wildman–Crippen MR) is 111 cm³/mol. The molecule has 0 bridgehead atoms.